The second-order valence-corrected chi connectivity index (χ2v) is 6.99. The molecule has 0 spiro atoms. The molecule has 130 valence electrons. The van der Waals surface area contributed by atoms with Gasteiger partial charge in [0.05, 0.1) is 7.11 Å². The highest BCUT2D eigenvalue weighted by Gasteiger charge is 2.20. The van der Waals surface area contributed by atoms with Crippen molar-refractivity contribution in [2.45, 2.75) is 18.2 Å². The monoisotopic (exact) mass is 373 g/mol. The molecule has 2 rings (SSSR count). The number of rotatable bonds is 7. The first-order valence-electron chi connectivity index (χ1n) is 6.88. The average Bonchev–Trinajstić information content (AvgIpc) is 2.92. The van der Waals surface area contributed by atoms with Crippen molar-refractivity contribution in [3.63, 3.8) is 0 Å². The summed E-state index contributed by atoms with van der Waals surface area (Å²) in [4.78, 5) is 11.7. The van der Waals surface area contributed by atoms with E-state index in [1.807, 2.05) is 0 Å². The van der Waals surface area contributed by atoms with E-state index in [4.69, 9.17) is 20.9 Å². The number of anilines is 1. The second kappa shape index (κ2) is 7.65. The van der Waals surface area contributed by atoms with Gasteiger partial charge in [-0.25, -0.2) is 13.1 Å². The largest absolute Gasteiger partial charge is 0.495 e. The summed E-state index contributed by atoms with van der Waals surface area (Å²) in [5.74, 6) is 0.592. The molecule has 1 amide bonds. The number of nitrogens with zero attached hydrogens (tertiary/aromatic N) is 1. The third-order valence-electron chi connectivity index (χ3n) is 2.95. The van der Waals surface area contributed by atoms with Gasteiger partial charge in [0.15, 0.2) is 5.82 Å². The predicted octanol–water partition coefficient (Wildman–Crippen LogP) is 1.95. The molecule has 2 aromatic rings. The highest BCUT2D eigenvalue weighted by Crippen LogP contribution is 2.26. The van der Waals surface area contributed by atoms with E-state index in [1.54, 1.807) is 13.0 Å². The Labute approximate surface area is 144 Å². The zero-order valence-corrected chi connectivity index (χ0v) is 14.6. The van der Waals surface area contributed by atoms with E-state index in [0.717, 1.165) is 0 Å². The lowest BCUT2D eigenvalue weighted by Gasteiger charge is -2.11. The first-order chi connectivity index (χ1) is 11.3. The number of sulfonamides is 1. The predicted molar refractivity (Wildman–Crippen MR) is 87.7 cm³/mol. The molecule has 1 aromatic heterocycles. The molecule has 10 heteroatoms. The molecule has 0 saturated carbocycles. The minimum Gasteiger partial charge on any atom is -0.495 e. The highest BCUT2D eigenvalue weighted by atomic mass is 35.5. The number of carbonyl (C=O) groups excluding carboxylic acids is 1. The van der Waals surface area contributed by atoms with Crippen LogP contribution in [0.2, 0.25) is 5.02 Å². The topological polar surface area (TPSA) is 111 Å². The van der Waals surface area contributed by atoms with Crippen LogP contribution in [0.1, 0.15) is 12.2 Å². The van der Waals surface area contributed by atoms with E-state index in [0.29, 0.717) is 5.76 Å². The number of ether oxygens (including phenoxy) is 1. The van der Waals surface area contributed by atoms with Gasteiger partial charge < -0.3 is 14.6 Å². The molecule has 1 heterocycles. The summed E-state index contributed by atoms with van der Waals surface area (Å²) in [5, 5.41) is 6.37. The Balaban J connectivity index is 1.95. The van der Waals surface area contributed by atoms with Crippen LogP contribution in [0.4, 0.5) is 5.82 Å². The number of carbonyl (C=O) groups is 1. The maximum Gasteiger partial charge on any atom is 0.244 e. The van der Waals surface area contributed by atoms with Crippen LogP contribution in [0.3, 0.4) is 0 Å². The maximum absolute atomic E-state index is 12.3. The van der Waals surface area contributed by atoms with Crippen molar-refractivity contribution in [3.05, 3.63) is 35.0 Å². The van der Waals surface area contributed by atoms with Gasteiger partial charge in [-0.1, -0.05) is 16.8 Å². The molecule has 0 aliphatic heterocycles. The summed E-state index contributed by atoms with van der Waals surface area (Å²) in [5.41, 5.74) is 0. The van der Waals surface area contributed by atoms with Crippen LogP contribution in [0.25, 0.3) is 0 Å². The molecule has 24 heavy (non-hydrogen) atoms. The molecule has 0 fully saturated rings. The van der Waals surface area contributed by atoms with Gasteiger partial charge in [-0.05, 0) is 25.1 Å². The molecule has 0 bridgehead atoms. The van der Waals surface area contributed by atoms with Crippen LogP contribution in [0, 0.1) is 6.92 Å². The van der Waals surface area contributed by atoms with Gasteiger partial charge in [-0.3, -0.25) is 4.79 Å². The van der Waals surface area contributed by atoms with Crippen molar-refractivity contribution in [1.82, 2.24) is 9.88 Å². The molecule has 8 nitrogen and oxygen atoms in total. The van der Waals surface area contributed by atoms with Gasteiger partial charge in [-0.15, -0.1) is 0 Å². The van der Waals surface area contributed by atoms with Crippen molar-refractivity contribution in [1.29, 1.82) is 0 Å². The van der Waals surface area contributed by atoms with Crippen LogP contribution in [-0.2, 0) is 14.8 Å². The summed E-state index contributed by atoms with van der Waals surface area (Å²) >= 11 is 5.83. The first kappa shape index (κ1) is 18.2. The third kappa shape index (κ3) is 4.70. The summed E-state index contributed by atoms with van der Waals surface area (Å²) in [6.07, 6.45) is -0.0754. The van der Waals surface area contributed by atoms with Crippen LogP contribution < -0.4 is 14.8 Å². The first-order valence-corrected chi connectivity index (χ1v) is 8.74. The molecule has 1 aromatic carbocycles. The molecule has 2 N–H and O–H groups in total. The number of methoxy groups -OCH3 is 1. The number of hydrogen-bond donors (Lipinski definition) is 2. The lowest BCUT2D eigenvalue weighted by atomic mass is 10.3. The Bertz CT molecular complexity index is 835. The minimum atomic E-state index is -3.86. The van der Waals surface area contributed by atoms with Crippen molar-refractivity contribution in [2.24, 2.45) is 0 Å². The molecular formula is C14H16ClN3O5S. The Morgan fingerprint density at radius 2 is 2.12 bits per heavy atom. The standard InChI is InChI=1S/C14H16ClN3O5S/c1-9-7-13(18-23-9)17-14(19)5-6-16-24(20,21)12-8-10(15)3-4-11(12)22-2/h3-4,7-8,16H,5-6H2,1-2H3,(H,17,18,19). The van der Waals surface area contributed by atoms with Crippen molar-refractivity contribution < 1.29 is 22.5 Å². The van der Waals surface area contributed by atoms with E-state index in [1.165, 1.54) is 25.3 Å². The van der Waals surface area contributed by atoms with Gasteiger partial charge in [0.25, 0.3) is 0 Å². The summed E-state index contributed by atoms with van der Waals surface area (Å²) in [6, 6.07) is 5.81. The number of halogens is 1. The number of amides is 1. The van der Waals surface area contributed by atoms with E-state index in [2.05, 4.69) is 15.2 Å². The fraction of sp³-hybridized carbons (Fsp3) is 0.286. The number of aryl methyl sites for hydroxylation is 1. The smallest absolute Gasteiger partial charge is 0.244 e. The lowest BCUT2D eigenvalue weighted by molar-refractivity contribution is -0.116. The van der Waals surface area contributed by atoms with Gasteiger partial charge in [0, 0.05) is 24.1 Å². The quantitative estimate of drug-likeness (QED) is 0.767. The van der Waals surface area contributed by atoms with Crippen molar-refractivity contribution >= 4 is 33.3 Å². The van der Waals surface area contributed by atoms with E-state index < -0.39 is 15.9 Å². The minimum absolute atomic E-state index is 0.0754. The SMILES string of the molecule is COc1ccc(Cl)cc1S(=O)(=O)NCCC(=O)Nc1cc(C)on1. The van der Waals surface area contributed by atoms with Gasteiger partial charge in [0.1, 0.15) is 16.4 Å². The van der Waals surface area contributed by atoms with Crippen molar-refractivity contribution in [3.8, 4) is 5.75 Å². The molecule has 0 aliphatic rings. The Kier molecular flexibility index (Phi) is 5.81. The van der Waals surface area contributed by atoms with Crippen LogP contribution in [0.15, 0.2) is 33.7 Å². The van der Waals surface area contributed by atoms with Gasteiger partial charge >= 0.3 is 0 Å². The highest BCUT2D eigenvalue weighted by molar-refractivity contribution is 7.89. The van der Waals surface area contributed by atoms with Crippen molar-refractivity contribution in [2.75, 3.05) is 19.0 Å². The molecule has 0 unspecified atom stereocenters. The Morgan fingerprint density at radius 1 is 1.38 bits per heavy atom. The average molecular weight is 374 g/mol. The zero-order chi connectivity index (χ0) is 17.7. The number of benzene rings is 1. The van der Waals surface area contributed by atoms with Crippen LogP contribution >= 0.6 is 11.6 Å². The van der Waals surface area contributed by atoms with E-state index in [-0.39, 0.29) is 34.5 Å². The summed E-state index contributed by atoms with van der Waals surface area (Å²) < 4.78 is 36.8. The van der Waals surface area contributed by atoms with Gasteiger partial charge in [-0.2, -0.15) is 0 Å². The molecule has 0 aliphatic carbocycles. The molecular weight excluding hydrogens is 358 g/mol. The summed E-state index contributed by atoms with van der Waals surface area (Å²) in [7, 11) is -2.51. The number of hydrogen-bond acceptors (Lipinski definition) is 6. The normalized spacial score (nSPS) is 11.3. The van der Waals surface area contributed by atoms with E-state index in [9.17, 15) is 13.2 Å². The summed E-state index contributed by atoms with van der Waals surface area (Å²) in [6.45, 7) is 1.59. The fourth-order valence-corrected chi connectivity index (χ4v) is 3.33. The van der Waals surface area contributed by atoms with Crippen LogP contribution in [0.5, 0.6) is 5.75 Å². The second-order valence-electron chi connectivity index (χ2n) is 4.81. The zero-order valence-electron chi connectivity index (χ0n) is 13.0. The van der Waals surface area contributed by atoms with E-state index >= 15 is 0 Å². The molecule has 0 atom stereocenters. The fourth-order valence-electron chi connectivity index (χ4n) is 1.87. The number of nitrogens with one attached hydrogen (secondary N) is 2. The third-order valence-corrected chi connectivity index (χ3v) is 4.67. The lowest BCUT2D eigenvalue weighted by Crippen LogP contribution is -2.28. The Hall–Kier alpha value is -2.10. The Morgan fingerprint density at radius 3 is 2.75 bits per heavy atom. The van der Waals surface area contributed by atoms with Gasteiger partial charge in [0.2, 0.25) is 15.9 Å². The number of aromatic nitrogens is 1. The molecule has 0 saturated heterocycles. The maximum atomic E-state index is 12.3. The molecule has 0 radical (unpaired) electrons. The van der Waals surface area contributed by atoms with Crippen LogP contribution in [-0.4, -0.2) is 33.1 Å².